The SMILES string of the molecule is CC1(C)CC2(C=C(C#N)C1=O)CN(c1ccncn1)CCO2. The van der Waals surface area contributed by atoms with E-state index >= 15 is 0 Å². The number of Topliss-reactive ketones (excluding diaryl/α,β-unsaturated/α-hetero) is 1. The van der Waals surface area contributed by atoms with Crippen molar-refractivity contribution in [2.45, 2.75) is 25.9 Å². The van der Waals surface area contributed by atoms with Crippen LogP contribution in [0.2, 0.25) is 0 Å². The van der Waals surface area contributed by atoms with E-state index in [1.54, 1.807) is 12.3 Å². The second-order valence-electron chi connectivity index (χ2n) is 6.46. The fraction of sp³-hybridized carbons (Fsp3) is 0.500. The molecule has 0 saturated carbocycles. The maximum absolute atomic E-state index is 12.3. The molecule has 3 rings (SSSR count). The highest BCUT2D eigenvalue weighted by Crippen LogP contribution is 2.41. The molecule has 22 heavy (non-hydrogen) atoms. The number of hydrogen-bond acceptors (Lipinski definition) is 6. The van der Waals surface area contributed by atoms with E-state index in [-0.39, 0.29) is 11.4 Å². The normalized spacial score (nSPS) is 27.4. The number of carbonyl (C=O) groups is 1. The fourth-order valence-electron chi connectivity index (χ4n) is 3.32. The Hall–Kier alpha value is -2.26. The highest BCUT2D eigenvalue weighted by Gasteiger charge is 2.48. The van der Waals surface area contributed by atoms with Crippen molar-refractivity contribution in [3.05, 3.63) is 30.2 Å². The molecular weight excluding hydrogens is 280 g/mol. The van der Waals surface area contributed by atoms with Gasteiger partial charge in [-0.15, -0.1) is 0 Å². The van der Waals surface area contributed by atoms with Crippen LogP contribution in [0, 0.1) is 16.7 Å². The topological polar surface area (TPSA) is 79.1 Å². The summed E-state index contributed by atoms with van der Waals surface area (Å²) >= 11 is 0. The van der Waals surface area contributed by atoms with Crippen molar-refractivity contribution in [1.82, 2.24) is 9.97 Å². The van der Waals surface area contributed by atoms with Crippen LogP contribution in [0.3, 0.4) is 0 Å². The Balaban J connectivity index is 1.94. The molecule has 1 atom stereocenters. The molecule has 0 N–H and O–H groups in total. The quantitative estimate of drug-likeness (QED) is 0.781. The smallest absolute Gasteiger partial charge is 0.178 e. The highest BCUT2D eigenvalue weighted by atomic mass is 16.5. The third-order valence-corrected chi connectivity index (χ3v) is 4.23. The summed E-state index contributed by atoms with van der Waals surface area (Å²) in [4.78, 5) is 22.6. The molecule has 1 spiro atoms. The minimum Gasteiger partial charge on any atom is -0.367 e. The lowest BCUT2D eigenvalue weighted by atomic mass is 9.69. The molecule has 2 aliphatic rings. The van der Waals surface area contributed by atoms with Crippen molar-refractivity contribution in [2.75, 3.05) is 24.6 Å². The summed E-state index contributed by atoms with van der Waals surface area (Å²) in [6, 6.07) is 3.88. The van der Waals surface area contributed by atoms with Crippen LogP contribution in [0.1, 0.15) is 20.3 Å². The van der Waals surface area contributed by atoms with Gasteiger partial charge in [0.05, 0.1) is 18.7 Å². The van der Waals surface area contributed by atoms with Crippen molar-refractivity contribution in [1.29, 1.82) is 5.26 Å². The third-order valence-electron chi connectivity index (χ3n) is 4.23. The van der Waals surface area contributed by atoms with Gasteiger partial charge in [-0.2, -0.15) is 5.26 Å². The Morgan fingerprint density at radius 1 is 1.45 bits per heavy atom. The lowest BCUT2D eigenvalue weighted by Gasteiger charge is -2.46. The lowest BCUT2D eigenvalue weighted by Crippen LogP contribution is -2.56. The maximum Gasteiger partial charge on any atom is 0.178 e. The van der Waals surface area contributed by atoms with Crippen molar-refractivity contribution in [2.24, 2.45) is 5.41 Å². The number of aromatic nitrogens is 2. The van der Waals surface area contributed by atoms with Gasteiger partial charge in [0.1, 0.15) is 23.8 Å². The molecule has 1 aliphatic heterocycles. The Morgan fingerprint density at radius 2 is 2.27 bits per heavy atom. The summed E-state index contributed by atoms with van der Waals surface area (Å²) in [5, 5.41) is 9.26. The monoisotopic (exact) mass is 298 g/mol. The molecule has 0 aromatic carbocycles. The van der Waals surface area contributed by atoms with E-state index in [2.05, 4.69) is 14.9 Å². The molecule has 1 saturated heterocycles. The van der Waals surface area contributed by atoms with E-state index in [1.807, 2.05) is 26.0 Å². The van der Waals surface area contributed by atoms with Crippen molar-refractivity contribution in [3.63, 3.8) is 0 Å². The van der Waals surface area contributed by atoms with Crippen LogP contribution in [0.25, 0.3) is 0 Å². The summed E-state index contributed by atoms with van der Waals surface area (Å²) in [5.74, 6) is 0.725. The van der Waals surface area contributed by atoms with Gasteiger partial charge in [0, 0.05) is 18.2 Å². The molecule has 1 aliphatic carbocycles. The zero-order valence-electron chi connectivity index (χ0n) is 12.7. The van der Waals surface area contributed by atoms with Crippen molar-refractivity contribution < 1.29 is 9.53 Å². The zero-order valence-corrected chi connectivity index (χ0v) is 12.7. The van der Waals surface area contributed by atoms with Crippen molar-refractivity contribution in [3.8, 4) is 6.07 Å². The van der Waals surface area contributed by atoms with Gasteiger partial charge >= 0.3 is 0 Å². The van der Waals surface area contributed by atoms with Crippen LogP contribution >= 0.6 is 0 Å². The number of anilines is 1. The number of allylic oxidation sites excluding steroid dienone is 1. The van der Waals surface area contributed by atoms with E-state index in [0.29, 0.717) is 19.6 Å². The highest BCUT2D eigenvalue weighted by molar-refractivity contribution is 6.04. The van der Waals surface area contributed by atoms with Gasteiger partial charge in [-0.3, -0.25) is 4.79 Å². The molecular formula is C16H18N4O2. The van der Waals surface area contributed by atoms with E-state index in [1.165, 1.54) is 6.33 Å². The first-order valence-corrected chi connectivity index (χ1v) is 7.28. The van der Waals surface area contributed by atoms with Crippen LogP contribution in [-0.4, -0.2) is 41.0 Å². The van der Waals surface area contributed by atoms with E-state index < -0.39 is 11.0 Å². The predicted octanol–water partition coefficient (Wildman–Crippen LogP) is 1.50. The molecule has 1 fully saturated rings. The molecule has 0 amide bonds. The molecule has 0 radical (unpaired) electrons. The largest absolute Gasteiger partial charge is 0.367 e. The van der Waals surface area contributed by atoms with Crippen LogP contribution < -0.4 is 4.90 Å². The van der Waals surface area contributed by atoms with E-state index in [0.717, 1.165) is 12.4 Å². The first-order valence-electron chi connectivity index (χ1n) is 7.28. The van der Waals surface area contributed by atoms with Gasteiger partial charge in [0.15, 0.2) is 5.78 Å². The molecule has 1 aromatic rings. The van der Waals surface area contributed by atoms with Gasteiger partial charge in [0.2, 0.25) is 0 Å². The molecule has 114 valence electrons. The standard InChI is InChI=1S/C16H18N4O2/c1-15(2)9-16(7-12(8-17)14(15)21)10-20(5-6-22-16)13-3-4-18-11-19-13/h3-4,7,11H,5-6,9-10H2,1-2H3. The van der Waals surface area contributed by atoms with Crippen LogP contribution in [-0.2, 0) is 9.53 Å². The molecule has 6 heteroatoms. The number of ketones is 1. The number of hydrogen-bond donors (Lipinski definition) is 0. The molecule has 1 aromatic heterocycles. The van der Waals surface area contributed by atoms with Crippen LogP contribution in [0.15, 0.2) is 30.2 Å². The lowest BCUT2D eigenvalue weighted by molar-refractivity contribution is -0.130. The number of nitriles is 1. The summed E-state index contributed by atoms with van der Waals surface area (Å²) < 4.78 is 6.01. The van der Waals surface area contributed by atoms with Gasteiger partial charge in [-0.25, -0.2) is 9.97 Å². The average Bonchev–Trinajstić information content (AvgIpc) is 2.51. The number of rotatable bonds is 1. The van der Waals surface area contributed by atoms with E-state index in [4.69, 9.17) is 4.74 Å². The average molecular weight is 298 g/mol. The molecule has 2 heterocycles. The third kappa shape index (κ3) is 2.48. The zero-order chi connectivity index (χ0) is 15.8. The summed E-state index contributed by atoms with van der Waals surface area (Å²) in [6.07, 6.45) is 5.48. The molecule has 6 nitrogen and oxygen atoms in total. The number of nitrogens with zero attached hydrogens (tertiary/aromatic N) is 4. The molecule has 0 bridgehead atoms. The first kappa shape index (κ1) is 14.7. The Bertz CT molecular complexity index is 662. The number of morpholine rings is 1. The second kappa shape index (κ2) is 5.18. The maximum atomic E-state index is 12.3. The first-order chi connectivity index (χ1) is 10.5. The minimum atomic E-state index is -0.619. The Morgan fingerprint density at radius 3 is 2.95 bits per heavy atom. The Labute approximate surface area is 129 Å². The minimum absolute atomic E-state index is 0.108. The number of carbonyl (C=O) groups excluding carboxylic acids is 1. The summed E-state index contributed by atoms with van der Waals surface area (Å²) in [5.41, 5.74) is -1.03. The van der Waals surface area contributed by atoms with Crippen molar-refractivity contribution >= 4 is 11.6 Å². The van der Waals surface area contributed by atoms with Gasteiger partial charge in [-0.05, 0) is 18.6 Å². The van der Waals surface area contributed by atoms with Crippen LogP contribution in [0.4, 0.5) is 5.82 Å². The van der Waals surface area contributed by atoms with Crippen LogP contribution in [0.5, 0.6) is 0 Å². The van der Waals surface area contributed by atoms with E-state index in [9.17, 15) is 10.1 Å². The second-order valence-corrected chi connectivity index (χ2v) is 6.46. The predicted molar refractivity (Wildman–Crippen MR) is 80.0 cm³/mol. The molecule has 1 unspecified atom stereocenters. The van der Waals surface area contributed by atoms with Gasteiger partial charge in [-0.1, -0.05) is 13.8 Å². The Kier molecular flexibility index (Phi) is 3.45. The van der Waals surface area contributed by atoms with Gasteiger partial charge in [0.25, 0.3) is 0 Å². The number of ether oxygens (including phenoxy) is 1. The fourth-order valence-corrected chi connectivity index (χ4v) is 3.32. The summed E-state index contributed by atoms with van der Waals surface area (Å²) in [7, 11) is 0. The summed E-state index contributed by atoms with van der Waals surface area (Å²) in [6.45, 7) is 5.57. The van der Waals surface area contributed by atoms with Gasteiger partial charge < -0.3 is 9.64 Å².